The van der Waals surface area contributed by atoms with Gasteiger partial charge in [-0.05, 0) is 0 Å². The van der Waals surface area contributed by atoms with E-state index in [2.05, 4.69) is 0 Å². The van der Waals surface area contributed by atoms with Gasteiger partial charge in [0.05, 0.1) is 0 Å². The number of hydrogen-bond donors (Lipinski definition) is 0. The van der Waals surface area contributed by atoms with E-state index in [0.29, 0.717) is 0 Å². The van der Waals surface area contributed by atoms with Gasteiger partial charge in [-0.2, -0.15) is 0 Å². The van der Waals surface area contributed by atoms with Crippen molar-refractivity contribution in [3.63, 3.8) is 0 Å². The molecule has 0 saturated carbocycles. The van der Waals surface area contributed by atoms with E-state index in [0.717, 1.165) is 29.8 Å². The summed E-state index contributed by atoms with van der Waals surface area (Å²) in [6.07, 6.45) is 0. The second-order valence-corrected chi connectivity index (χ2v) is 7.42. The summed E-state index contributed by atoms with van der Waals surface area (Å²) in [6, 6.07) is 0. The predicted octanol–water partition coefficient (Wildman–Crippen LogP) is -0.553. The molecule has 0 rings (SSSR count). The summed E-state index contributed by atoms with van der Waals surface area (Å²) in [7, 11) is -6.17. The van der Waals surface area contributed by atoms with E-state index in [1.165, 1.54) is 0 Å². The molecule has 0 fully saturated rings. The predicted molar refractivity (Wildman–Crippen MR) is 40.8 cm³/mol. The number of rotatable bonds is 0. The summed E-state index contributed by atoms with van der Waals surface area (Å²) in [6.45, 7) is 0. The average molecular weight is 295 g/mol. The third kappa shape index (κ3) is 1.86. The molecular weight excluding hydrogens is 294 g/mol. The van der Waals surface area contributed by atoms with Crippen molar-refractivity contribution in [2.45, 2.75) is 0 Å². The minimum atomic E-state index is -6.17. The van der Waals surface area contributed by atoms with Crippen LogP contribution in [0.4, 0.5) is 0 Å². The van der Waals surface area contributed by atoms with Gasteiger partial charge in [0, 0.05) is 16.8 Å². The zero-order valence-corrected chi connectivity index (χ0v) is 8.52. The van der Waals surface area contributed by atoms with Crippen molar-refractivity contribution < 1.29 is 27.5 Å². The van der Waals surface area contributed by atoms with Gasteiger partial charge in [0.1, 0.15) is 0 Å². The van der Waals surface area contributed by atoms with Crippen LogP contribution < -0.4 is 0 Å². The van der Waals surface area contributed by atoms with Crippen LogP contribution in [-0.2, 0) is 27.5 Å². The molecule has 0 aliphatic carbocycles. The molecule has 0 saturated heterocycles. The standard InChI is InChI=1S/6CN.Co.Fe.Na.H/c6*1-2;;;;. The molecule has 73 valence electrons. The number of nitrogens with zero attached hydrogens (tertiary/aromatic N) is 6. The van der Waals surface area contributed by atoms with Crippen molar-refractivity contribution in [2.24, 2.45) is 0 Å². The molecule has 9 heteroatoms. The third-order valence-corrected chi connectivity index (χ3v) is 4.89. The van der Waals surface area contributed by atoms with Crippen molar-refractivity contribution in [3.05, 3.63) is 0 Å². The van der Waals surface area contributed by atoms with Gasteiger partial charge < -0.3 is 0 Å². The molecule has 0 unspecified atom stereocenters. The van der Waals surface area contributed by atoms with Crippen LogP contribution in [0.25, 0.3) is 0 Å². The first kappa shape index (κ1) is 19.5. The van der Waals surface area contributed by atoms with Gasteiger partial charge in [0.25, 0.3) is 0 Å². The van der Waals surface area contributed by atoms with Crippen molar-refractivity contribution >= 4 is 29.6 Å². The molecule has 0 amide bonds. The van der Waals surface area contributed by atoms with E-state index in [4.69, 9.17) is 31.6 Å². The maximum absolute atomic E-state index is 8.58. The first-order chi connectivity index (χ1) is 5.97. The van der Waals surface area contributed by atoms with Crippen LogP contribution in [-0.4, -0.2) is 29.6 Å². The molecule has 0 aliphatic rings. The van der Waals surface area contributed by atoms with Gasteiger partial charge in [0.2, 0.25) is 0 Å². The van der Waals surface area contributed by atoms with E-state index in [9.17, 15) is 0 Å². The van der Waals surface area contributed by atoms with Gasteiger partial charge in [-0.25, -0.2) is 0 Å². The Hall–Kier alpha value is -1.03. The van der Waals surface area contributed by atoms with Crippen LogP contribution in [0.2, 0.25) is 0 Å². The molecule has 0 bridgehead atoms. The molecule has 0 aliphatic heterocycles. The second-order valence-electron chi connectivity index (χ2n) is 1.80. The molecule has 0 aromatic heterocycles. The summed E-state index contributed by atoms with van der Waals surface area (Å²) >= 11 is 0. The van der Waals surface area contributed by atoms with Crippen LogP contribution in [0.5, 0.6) is 0 Å². The van der Waals surface area contributed by atoms with E-state index in [1.807, 2.05) is 0 Å². The Balaban J connectivity index is -0.000000720. The van der Waals surface area contributed by atoms with E-state index in [1.54, 1.807) is 0 Å². The Morgan fingerprint density at radius 1 is 0.533 bits per heavy atom. The Bertz CT molecular complexity index is 397. The zero-order valence-electron chi connectivity index (χ0n) is 6.37. The molecule has 0 atom stereocenters. The summed E-state index contributed by atoms with van der Waals surface area (Å²) in [4.78, 5) is 6.19. The molecule has 0 heterocycles. The Labute approximate surface area is 117 Å². The SMILES string of the molecule is N#[C][Fe]([C]#N)([C]#N)([C]#N)([C]#N)[C]#N.[Co].[NaH]. The van der Waals surface area contributed by atoms with Gasteiger partial charge in [-0.3, -0.25) is 0 Å². The summed E-state index contributed by atoms with van der Waals surface area (Å²) < 4.78 is 0. The fourth-order valence-electron chi connectivity index (χ4n) is 0.265. The fourth-order valence-corrected chi connectivity index (χ4v) is 1.09. The molecule has 0 spiro atoms. The Morgan fingerprint density at radius 2 is 0.667 bits per heavy atom. The zero-order chi connectivity index (χ0) is 10.7. The first-order valence-corrected chi connectivity index (χ1v) is 5.71. The number of hydrogen-bond acceptors (Lipinski definition) is 6. The monoisotopic (exact) mass is 295 g/mol. The van der Waals surface area contributed by atoms with Crippen molar-refractivity contribution in [1.82, 2.24) is 0 Å². The van der Waals surface area contributed by atoms with Crippen LogP contribution in [0, 0.1) is 61.4 Å². The maximum atomic E-state index is 8.58. The topological polar surface area (TPSA) is 143 Å². The van der Waals surface area contributed by atoms with E-state index >= 15 is 0 Å². The van der Waals surface area contributed by atoms with Crippen molar-refractivity contribution in [3.8, 4) is 29.8 Å². The minimum absolute atomic E-state index is 0. The molecule has 1 radical (unpaired) electrons. The summed E-state index contributed by atoms with van der Waals surface area (Å²) in [5.41, 5.74) is 0. The van der Waals surface area contributed by atoms with Crippen molar-refractivity contribution in [2.75, 3.05) is 0 Å². The Kier molecular flexibility index (Phi) is 6.06. The normalized spacial score (nSPS) is 11.6. The fraction of sp³-hybridized carbons (Fsp3) is 0. The van der Waals surface area contributed by atoms with Crippen LogP contribution >= 0.6 is 0 Å². The van der Waals surface area contributed by atoms with Crippen molar-refractivity contribution in [1.29, 1.82) is 31.6 Å². The summed E-state index contributed by atoms with van der Waals surface area (Å²) in [5, 5.41) is 51.5. The molecule has 15 heavy (non-hydrogen) atoms. The van der Waals surface area contributed by atoms with Gasteiger partial charge in [0.15, 0.2) is 0 Å². The molecule has 0 N–H and O–H groups in total. The van der Waals surface area contributed by atoms with E-state index in [-0.39, 0.29) is 46.3 Å². The van der Waals surface area contributed by atoms with Gasteiger partial charge >= 0.3 is 102 Å². The van der Waals surface area contributed by atoms with Crippen LogP contribution in [0.3, 0.4) is 0 Å². The van der Waals surface area contributed by atoms with Crippen LogP contribution in [0.15, 0.2) is 0 Å². The third-order valence-electron chi connectivity index (χ3n) is 1.19. The quantitative estimate of drug-likeness (QED) is 0.548. The van der Waals surface area contributed by atoms with Gasteiger partial charge in [-0.1, -0.05) is 0 Å². The molecule has 0 aromatic carbocycles. The first-order valence-electron chi connectivity index (χ1n) is 2.40. The Morgan fingerprint density at radius 3 is 0.667 bits per heavy atom. The molecular formula is C6HCoFeN6Na. The summed E-state index contributed by atoms with van der Waals surface area (Å²) in [5.74, 6) is 0. The van der Waals surface area contributed by atoms with Crippen LogP contribution in [0.1, 0.15) is 0 Å². The average Bonchev–Trinajstić information content (AvgIpc) is 2.26. The molecule has 6 nitrogen and oxygen atoms in total. The van der Waals surface area contributed by atoms with E-state index < -0.39 is 10.7 Å². The van der Waals surface area contributed by atoms with Gasteiger partial charge in [-0.15, -0.1) is 0 Å². The second kappa shape index (κ2) is 4.66. The number of nitriles is 6. The molecule has 0 aromatic rings.